The normalized spacial score (nSPS) is 13.5. The number of benzene rings is 1. The van der Waals surface area contributed by atoms with Crippen LogP contribution in [-0.4, -0.2) is 43.7 Å². The lowest BCUT2D eigenvalue weighted by Crippen LogP contribution is -2.48. The van der Waals surface area contributed by atoms with Gasteiger partial charge in [-0.25, -0.2) is 0 Å². The Hall–Kier alpha value is -2.12. The summed E-state index contributed by atoms with van der Waals surface area (Å²) in [6, 6.07) is 10.1. The molecule has 1 aromatic heterocycles. The van der Waals surface area contributed by atoms with Crippen LogP contribution < -0.4 is 16.0 Å². The summed E-state index contributed by atoms with van der Waals surface area (Å²) >= 11 is 1.59. The van der Waals surface area contributed by atoms with Crippen LogP contribution in [0, 0.1) is 5.41 Å². The summed E-state index contributed by atoms with van der Waals surface area (Å²) in [6.45, 7) is 7.05. The first-order valence-electron chi connectivity index (χ1n) is 8.76. The second kappa shape index (κ2) is 9.00. The third-order valence-corrected chi connectivity index (χ3v) is 5.33. The fourth-order valence-electron chi connectivity index (χ4n) is 2.47. The molecule has 2 aromatic rings. The van der Waals surface area contributed by atoms with E-state index in [0.717, 1.165) is 15.0 Å². The van der Waals surface area contributed by atoms with Crippen molar-refractivity contribution < 1.29 is 9.90 Å². The van der Waals surface area contributed by atoms with Crippen molar-refractivity contribution in [1.29, 1.82) is 0 Å². The molecule has 0 bridgehead atoms. The quantitative estimate of drug-likeness (QED) is 0.441. The Bertz CT molecular complexity index is 737. The number of aliphatic imine (C=N–C) groups is 1. The van der Waals surface area contributed by atoms with Gasteiger partial charge in [-0.1, -0.05) is 18.2 Å². The molecular formula is C19H28N4O2S. The van der Waals surface area contributed by atoms with E-state index in [4.69, 9.17) is 0 Å². The Morgan fingerprint density at radius 2 is 2.00 bits per heavy atom. The molecule has 0 fully saturated rings. The summed E-state index contributed by atoms with van der Waals surface area (Å²) in [7, 11) is 1.67. The van der Waals surface area contributed by atoms with Crippen molar-refractivity contribution in [3.63, 3.8) is 0 Å². The van der Waals surface area contributed by atoms with Gasteiger partial charge in [0, 0.05) is 36.3 Å². The number of hydrogen-bond donors (Lipinski definition) is 4. The molecule has 1 aromatic carbocycles. The molecule has 0 aliphatic carbocycles. The molecule has 1 unspecified atom stereocenters. The van der Waals surface area contributed by atoms with Gasteiger partial charge < -0.3 is 21.1 Å². The van der Waals surface area contributed by atoms with Crippen LogP contribution in [0.4, 0.5) is 0 Å². The van der Waals surface area contributed by atoms with E-state index in [0.29, 0.717) is 25.6 Å². The summed E-state index contributed by atoms with van der Waals surface area (Å²) in [4.78, 5) is 17.1. The Balaban J connectivity index is 1.89. The number of nitrogens with one attached hydrogen (secondary N) is 3. The molecular weight excluding hydrogens is 348 g/mol. The minimum atomic E-state index is -0.623. The highest BCUT2D eigenvalue weighted by molar-refractivity contribution is 7.19. The molecule has 0 saturated heterocycles. The number of rotatable bonds is 7. The van der Waals surface area contributed by atoms with Crippen LogP contribution in [0.1, 0.15) is 31.8 Å². The molecule has 4 N–H and O–H groups in total. The summed E-state index contributed by atoms with van der Waals surface area (Å²) in [5, 5.41) is 20.7. The Morgan fingerprint density at radius 1 is 1.27 bits per heavy atom. The highest BCUT2D eigenvalue weighted by Gasteiger charge is 2.27. The highest BCUT2D eigenvalue weighted by Crippen LogP contribution is 2.29. The zero-order valence-corrected chi connectivity index (χ0v) is 16.6. The number of amides is 1. The molecule has 0 saturated carbocycles. The van der Waals surface area contributed by atoms with Crippen LogP contribution in [0.25, 0.3) is 10.1 Å². The van der Waals surface area contributed by atoms with Crippen molar-refractivity contribution in [2.45, 2.75) is 26.9 Å². The van der Waals surface area contributed by atoms with Crippen molar-refractivity contribution in [3.8, 4) is 0 Å². The number of fused-ring (bicyclic) bond motifs is 1. The van der Waals surface area contributed by atoms with E-state index < -0.39 is 11.5 Å². The maximum absolute atomic E-state index is 12.1. The Morgan fingerprint density at radius 3 is 2.65 bits per heavy atom. The fourth-order valence-corrected chi connectivity index (χ4v) is 3.52. The van der Waals surface area contributed by atoms with Gasteiger partial charge in [-0.2, -0.15) is 0 Å². The first kappa shape index (κ1) is 20.2. The Kier molecular flexibility index (Phi) is 6.99. The van der Waals surface area contributed by atoms with E-state index >= 15 is 0 Å². The third kappa shape index (κ3) is 5.19. The standard InChI is InChI=1S/C19H28N4O2S/c1-5-21-17(25)19(2,3)12-23-18(20-4)22-11-14(24)16-10-13-8-6-7-9-15(13)26-16/h6-10,14,24H,5,11-12H2,1-4H3,(H,21,25)(H2,20,22,23). The number of aliphatic hydroxyl groups excluding tert-OH is 1. The minimum Gasteiger partial charge on any atom is -0.386 e. The topological polar surface area (TPSA) is 85.8 Å². The van der Waals surface area contributed by atoms with Gasteiger partial charge in [-0.3, -0.25) is 9.79 Å². The third-order valence-electron chi connectivity index (χ3n) is 4.11. The fraction of sp³-hybridized carbons (Fsp3) is 0.474. The predicted octanol–water partition coefficient (Wildman–Crippen LogP) is 2.26. The van der Waals surface area contributed by atoms with Crippen LogP contribution in [0.3, 0.4) is 0 Å². The first-order valence-corrected chi connectivity index (χ1v) is 9.58. The van der Waals surface area contributed by atoms with E-state index in [9.17, 15) is 9.90 Å². The number of nitrogens with zero attached hydrogens (tertiary/aromatic N) is 1. The molecule has 1 heterocycles. The second-order valence-corrected chi connectivity index (χ2v) is 7.87. The minimum absolute atomic E-state index is 0.00624. The Labute approximate surface area is 158 Å². The van der Waals surface area contributed by atoms with Crippen LogP contribution in [0.5, 0.6) is 0 Å². The number of thiophene rings is 1. The van der Waals surface area contributed by atoms with Crippen molar-refractivity contribution in [1.82, 2.24) is 16.0 Å². The molecule has 7 heteroatoms. The van der Waals surface area contributed by atoms with Gasteiger partial charge in [0.25, 0.3) is 0 Å². The molecule has 2 rings (SSSR count). The summed E-state index contributed by atoms with van der Waals surface area (Å²) < 4.78 is 1.16. The van der Waals surface area contributed by atoms with Crippen LogP contribution >= 0.6 is 11.3 Å². The molecule has 0 aliphatic rings. The molecule has 0 aliphatic heterocycles. The van der Waals surface area contributed by atoms with Gasteiger partial charge >= 0.3 is 0 Å². The number of aliphatic hydroxyl groups is 1. The molecule has 26 heavy (non-hydrogen) atoms. The summed E-state index contributed by atoms with van der Waals surface area (Å²) in [6.07, 6.45) is -0.623. The lowest BCUT2D eigenvalue weighted by Gasteiger charge is -2.25. The van der Waals surface area contributed by atoms with Crippen LogP contribution in [-0.2, 0) is 4.79 Å². The van der Waals surface area contributed by atoms with Crippen molar-refractivity contribution in [3.05, 3.63) is 35.2 Å². The van der Waals surface area contributed by atoms with E-state index in [2.05, 4.69) is 20.9 Å². The predicted molar refractivity (Wildman–Crippen MR) is 109 cm³/mol. The first-order chi connectivity index (χ1) is 12.4. The lowest BCUT2D eigenvalue weighted by molar-refractivity contribution is -0.128. The molecule has 0 radical (unpaired) electrons. The maximum Gasteiger partial charge on any atom is 0.227 e. The average Bonchev–Trinajstić information content (AvgIpc) is 3.06. The zero-order chi connectivity index (χ0) is 19.2. The van der Waals surface area contributed by atoms with Crippen molar-refractivity contribution in [2.24, 2.45) is 10.4 Å². The molecule has 0 spiro atoms. The van der Waals surface area contributed by atoms with E-state index in [1.807, 2.05) is 51.1 Å². The summed E-state index contributed by atoms with van der Waals surface area (Å²) in [5.74, 6) is 0.552. The highest BCUT2D eigenvalue weighted by atomic mass is 32.1. The summed E-state index contributed by atoms with van der Waals surface area (Å²) in [5.41, 5.74) is -0.558. The van der Waals surface area contributed by atoms with Gasteiger partial charge in [-0.15, -0.1) is 11.3 Å². The zero-order valence-electron chi connectivity index (χ0n) is 15.8. The number of guanidine groups is 1. The van der Waals surface area contributed by atoms with Gasteiger partial charge in [0.2, 0.25) is 5.91 Å². The SMILES string of the molecule is CCNC(=O)C(C)(C)CNC(=NC)NCC(O)c1cc2ccccc2s1. The molecule has 142 valence electrons. The molecule has 6 nitrogen and oxygen atoms in total. The molecule has 1 atom stereocenters. The van der Waals surface area contributed by atoms with E-state index in [-0.39, 0.29) is 5.91 Å². The van der Waals surface area contributed by atoms with Crippen LogP contribution in [0.2, 0.25) is 0 Å². The molecule has 1 amide bonds. The van der Waals surface area contributed by atoms with Gasteiger partial charge in [-0.05, 0) is 38.3 Å². The van der Waals surface area contributed by atoms with Gasteiger partial charge in [0.1, 0.15) is 6.10 Å². The van der Waals surface area contributed by atoms with Gasteiger partial charge in [0.05, 0.1) is 5.41 Å². The smallest absolute Gasteiger partial charge is 0.227 e. The second-order valence-electron chi connectivity index (χ2n) is 6.75. The number of carbonyl (C=O) groups excluding carboxylic acids is 1. The van der Waals surface area contributed by atoms with Crippen LogP contribution in [0.15, 0.2) is 35.3 Å². The maximum atomic E-state index is 12.1. The lowest BCUT2D eigenvalue weighted by atomic mass is 9.92. The van der Waals surface area contributed by atoms with E-state index in [1.165, 1.54) is 0 Å². The van der Waals surface area contributed by atoms with E-state index in [1.54, 1.807) is 18.4 Å². The number of carbonyl (C=O) groups is 1. The average molecular weight is 377 g/mol. The van der Waals surface area contributed by atoms with Crippen molar-refractivity contribution >= 4 is 33.3 Å². The largest absolute Gasteiger partial charge is 0.386 e. The van der Waals surface area contributed by atoms with Gasteiger partial charge in [0.15, 0.2) is 5.96 Å². The van der Waals surface area contributed by atoms with Crippen molar-refractivity contribution in [2.75, 3.05) is 26.7 Å². The monoisotopic (exact) mass is 376 g/mol. The number of hydrogen-bond acceptors (Lipinski definition) is 4.